The number of rotatable bonds is 5. The number of pyridine rings is 1. The maximum absolute atomic E-state index is 12.0. The molecular weight excluding hydrogens is 272 g/mol. The third-order valence-corrected chi connectivity index (χ3v) is 3.12. The van der Waals surface area contributed by atoms with Crippen LogP contribution in [0, 0.1) is 5.92 Å². The van der Waals surface area contributed by atoms with Gasteiger partial charge in [0.15, 0.2) is 5.43 Å². The van der Waals surface area contributed by atoms with Crippen LogP contribution in [-0.4, -0.2) is 28.5 Å². The van der Waals surface area contributed by atoms with Crippen LogP contribution in [0.3, 0.4) is 0 Å². The molecule has 110 valence electrons. The fraction of sp³-hybridized carbons (Fsp3) is 0.267. The summed E-state index contributed by atoms with van der Waals surface area (Å²) in [6.45, 7) is 1.97. The van der Waals surface area contributed by atoms with Crippen LogP contribution >= 0.6 is 0 Å². The molecule has 0 aliphatic rings. The average Bonchev–Trinajstić information content (AvgIpc) is 2.44. The molecule has 1 aromatic carbocycles. The van der Waals surface area contributed by atoms with E-state index in [2.05, 4.69) is 10.3 Å². The lowest BCUT2D eigenvalue weighted by Gasteiger charge is -2.10. The lowest BCUT2D eigenvalue weighted by Crippen LogP contribution is -2.30. The van der Waals surface area contributed by atoms with Crippen molar-refractivity contribution in [3.8, 4) is 0 Å². The van der Waals surface area contributed by atoms with E-state index in [1.807, 2.05) is 0 Å². The van der Waals surface area contributed by atoms with Gasteiger partial charge in [-0.2, -0.15) is 0 Å². The highest BCUT2D eigenvalue weighted by Gasteiger charge is 2.12. The zero-order valence-electron chi connectivity index (χ0n) is 11.6. The van der Waals surface area contributed by atoms with Gasteiger partial charge in [-0.25, -0.2) is 0 Å². The topological polar surface area (TPSA) is 99.3 Å². The van der Waals surface area contributed by atoms with E-state index in [-0.39, 0.29) is 30.0 Å². The van der Waals surface area contributed by atoms with Crippen molar-refractivity contribution in [3.63, 3.8) is 0 Å². The second kappa shape index (κ2) is 6.21. The van der Waals surface area contributed by atoms with Gasteiger partial charge in [0.05, 0.1) is 0 Å². The Balaban J connectivity index is 2.13. The SMILES string of the molecule is CC(CNC(=O)c1cc(=O)c2ccccc2[nH]1)CC(=O)O. The second-order valence-corrected chi connectivity index (χ2v) is 5.01. The number of nitrogens with one attached hydrogen (secondary N) is 2. The summed E-state index contributed by atoms with van der Waals surface area (Å²) in [5.41, 5.74) is 0.531. The van der Waals surface area contributed by atoms with E-state index in [1.165, 1.54) is 6.07 Å². The standard InChI is InChI=1S/C15H16N2O4/c1-9(6-14(19)20)8-16-15(21)12-7-13(18)10-4-2-3-5-11(10)17-12/h2-5,7,9H,6,8H2,1H3,(H,16,21)(H,17,18)(H,19,20). The highest BCUT2D eigenvalue weighted by atomic mass is 16.4. The summed E-state index contributed by atoms with van der Waals surface area (Å²) in [5.74, 6) is -1.51. The normalized spacial score (nSPS) is 12.0. The molecule has 1 atom stereocenters. The Morgan fingerprint density at radius 1 is 1.33 bits per heavy atom. The highest BCUT2D eigenvalue weighted by Crippen LogP contribution is 2.07. The van der Waals surface area contributed by atoms with Gasteiger partial charge in [0.2, 0.25) is 0 Å². The molecule has 1 unspecified atom stereocenters. The van der Waals surface area contributed by atoms with Crippen LogP contribution in [0.2, 0.25) is 0 Å². The first kappa shape index (κ1) is 14.8. The van der Waals surface area contributed by atoms with Crippen molar-refractivity contribution >= 4 is 22.8 Å². The van der Waals surface area contributed by atoms with E-state index < -0.39 is 11.9 Å². The average molecular weight is 288 g/mol. The number of amides is 1. The molecule has 0 fully saturated rings. The molecule has 0 aliphatic carbocycles. The molecule has 1 amide bonds. The molecule has 2 rings (SSSR count). The first-order valence-electron chi connectivity index (χ1n) is 6.59. The maximum Gasteiger partial charge on any atom is 0.303 e. The van der Waals surface area contributed by atoms with Crippen molar-refractivity contribution < 1.29 is 14.7 Å². The molecule has 0 saturated heterocycles. The van der Waals surface area contributed by atoms with Gasteiger partial charge < -0.3 is 15.4 Å². The van der Waals surface area contributed by atoms with Crippen LogP contribution in [0.1, 0.15) is 23.8 Å². The van der Waals surface area contributed by atoms with Crippen LogP contribution in [0.15, 0.2) is 35.1 Å². The van der Waals surface area contributed by atoms with Gasteiger partial charge in [-0.3, -0.25) is 14.4 Å². The Hall–Kier alpha value is -2.63. The number of H-pyrrole nitrogens is 1. The first-order chi connectivity index (χ1) is 9.97. The molecule has 0 bridgehead atoms. The van der Waals surface area contributed by atoms with E-state index in [9.17, 15) is 14.4 Å². The van der Waals surface area contributed by atoms with Gasteiger partial charge in [0, 0.05) is 29.9 Å². The molecule has 1 heterocycles. The number of aliphatic carboxylic acids is 1. The quantitative estimate of drug-likeness (QED) is 0.773. The van der Waals surface area contributed by atoms with Gasteiger partial charge in [-0.05, 0) is 18.1 Å². The van der Waals surface area contributed by atoms with Gasteiger partial charge >= 0.3 is 5.97 Å². The summed E-state index contributed by atoms with van der Waals surface area (Å²) >= 11 is 0. The molecule has 1 aromatic heterocycles. The predicted molar refractivity (Wildman–Crippen MR) is 78.3 cm³/mol. The summed E-state index contributed by atoms with van der Waals surface area (Å²) in [4.78, 5) is 37.4. The fourth-order valence-corrected chi connectivity index (χ4v) is 2.05. The van der Waals surface area contributed by atoms with Gasteiger partial charge in [0.1, 0.15) is 5.69 Å². The lowest BCUT2D eigenvalue weighted by molar-refractivity contribution is -0.137. The summed E-state index contributed by atoms with van der Waals surface area (Å²) in [7, 11) is 0. The van der Waals surface area contributed by atoms with Crippen molar-refractivity contribution in [3.05, 3.63) is 46.2 Å². The van der Waals surface area contributed by atoms with E-state index >= 15 is 0 Å². The van der Waals surface area contributed by atoms with E-state index in [4.69, 9.17) is 5.11 Å². The highest BCUT2D eigenvalue weighted by molar-refractivity contribution is 5.94. The first-order valence-corrected chi connectivity index (χ1v) is 6.59. The van der Waals surface area contributed by atoms with Gasteiger partial charge in [-0.1, -0.05) is 19.1 Å². The van der Waals surface area contributed by atoms with Crippen LogP contribution in [0.25, 0.3) is 10.9 Å². The lowest BCUT2D eigenvalue weighted by atomic mass is 10.1. The van der Waals surface area contributed by atoms with Gasteiger partial charge in [0.25, 0.3) is 5.91 Å². The summed E-state index contributed by atoms with van der Waals surface area (Å²) in [6, 6.07) is 8.19. The number of carboxylic acids is 1. The Morgan fingerprint density at radius 2 is 2.05 bits per heavy atom. The molecule has 21 heavy (non-hydrogen) atoms. The second-order valence-electron chi connectivity index (χ2n) is 5.01. The van der Waals surface area contributed by atoms with Crippen LogP contribution in [0.5, 0.6) is 0 Å². The number of fused-ring (bicyclic) bond motifs is 1. The number of benzene rings is 1. The molecule has 6 heteroatoms. The zero-order chi connectivity index (χ0) is 15.4. The molecule has 6 nitrogen and oxygen atoms in total. The minimum Gasteiger partial charge on any atom is -0.481 e. The number of aromatic amines is 1. The Morgan fingerprint density at radius 3 is 2.76 bits per heavy atom. The van der Waals surface area contributed by atoms with Crippen molar-refractivity contribution in [2.75, 3.05) is 6.54 Å². The largest absolute Gasteiger partial charge is 0.481 e. The molecule has 0 spiro atoms. The van der Waals surface area contributed by atoms with E-state index in [0.29, 0.717) is 10.9 Å². The number of aromatic nitrogens is 1. The summed E-state index contributed by atoms with van der Waals surface area (Å²) < 4.78 is 0. The molecule has 3 N–H and O–H groups in total. The van der Waals surface area contributed by atoms with Crippen molar-refractivity contribution in [1.29, 1.82) is 0 Å². The summed E-state index contributed by atoms with van der Waals surface area (Å²) in [5, 5.41) is 11.8. The maximum atomic E-state index is 12.0. The van der Waals surface area contributed by atoms with E-state index in [0.717, 1.165) is 0 Å². The van der Waals surface area contributed by atoms with E-state index in [1.54, 1.807) is 31.2 Å². The molecule has 0 aliphatic heterocycles. The number of hydrogen-bond donors (Lipinski definition) is 3. The molecular formula is C15H16N2O4. The fourth-order valence-electron chi connectivity index (χ4n) is 2.05. The number of para-hydroxylation sites is 1. The Kier molecular flexibility index (Phi) is 4.37. The van der Waals surface area contributed by atoms with Crippen LogP contribution in [-0.2, 0) is 4.79 Å². The Bertz CT molecular complexity index is 736. The molecule has 0 saturated carbocycles. The van der Waals surface area contributed by atoms with Crippen molar-refractivity contribution in [2.45, 2.75) is 13.3 Å². The van der Waals surface area contributed by atoms with Crippen molar-refractivity contribution in [2.24, 2.45) is 5.92 Å². The zero-order valence-corrected chi connectivity index (χ0v) is 11.6. The predicted octanol–water partition coefficient (Wildman–Crippen LogP) is 1.37. The van der Waals surface area contributed by atoms with Crippen LogP contribution in [0.4, 0.5) is 0 Å². The third kappa shape index (κ3) is 3.68. The monoisotopic (exact) mass is 288 g/mol. The number of carboxylic acid groups (broad SMARTS) is 1. The Labute approximate surface area is 120 Å². The number of hydrogen-bond acceptors (Lipinski definition) is 3. The minimum absolute atomic E-state index is 0.0193. The van der Waals surface area contributed by atoms with Gasteiger partial charge in [-0.15, -0.1) is 0 Å². The number of carbonyl (C=O) groups is 2. The molecule has 2 aromatic rings. The number of carbonyl (C=O) groups excluding carboxylic acids is 1. The van der Waals surface area contributed by atoms with Crippen LogP contribution < -0.4 is 10.7 Å². The minimum atomic E-state index is -0.907. The molecule has 0 radical (unpaired) electrons. The third-order valence-electron chi connectivity index (χ3n) is 3.12. The summed E-state index contributed by atoms with van der Waals surface area (Å²) in [6.07, 6.45) is -0.0193. The van der Waals surface area contributed by atoms with Crippen molar-refractivity contribution in [1.82, 2.24) is 10.3 Å². The smallest absolute Gasteiger partial charge is 0.303 e.